The Kier molecular flexibility index (Phi) is 7.34. The maximum Gasteiger partial charge on any atom is 0.104 e. The van der Waals surface area contributed by atoms with Crippen LogP contribution in [-0.2, 0) is 0 Å². The van der Waals surface area contributed by atoms with Crippen LogP contribution in [0.2, 0.25) is 19.6 Å². The third-order valence-electron chi connectivity index (χ3n) is 3.42. The van der Waals surface area contributed by atoms with Gasteiger partial charge in [-0.3, -0.25) is 0 Å². The molecule has 0 heterocycles. The second kappa shape index (κ2) is 8.75. The van der Waals surface area contributed by atoms with Gasteiger partial charge in [0.2, 0.25) is 0 Å². The van der Waals surface area contributed by atoms with E-state index in [1.54, 1.807) is 0 Å². The fourth-order valence-electron chi connectivity index (χ4n) is 2.31. The second-order valence-corrected chi connectivity index (χ2v) is 8.15. The highest BCUT2D eigenvalue weighted by Gasteiger charge is 2.13. The quantitative estimate of drug-likeness (QED) is 0.497. The van der Waals surface area contributed by atoms with Crippen LogP contribution >= 0.6 is 0 Å². The largest absolute Gasteiger partial charge is 0.135 e. The Morgan fingerprint density at radius 1 is 0.524 bits per heavy atom. The van der Waals surface area contributed by atoms with E-state index < -0.39 is 0 Å². The first-order chi connectivity index (χ1) is 10.1. The number of benzene rings is 1. The van der Waals surface area contributed by atoms with E-state index in [9.17, 15) is 0 Å². The summed E-state index contributed by atoms with van der Waals surface area (Å²) in [6.07, 6.45) is 0. The zero-order valence-electron chi connectivity index (χ0n) is 14.1. The van der Waals surface area contributed by atoms with Crippen molar-refractivity contribution in [3.8, 4) is 34.4 Å². The molecule has 0 fully saturated rings. The van der Waals surface area contributed by atoms with Gasteiger partial charge in [0, 0.05) is 16.7 Å². The van der Waals surface area contributed by atoms with Gasteiger partial charge in [-0.25, -0.2) is 0 Å². The third kappa shape index (κ3) is 4.26. The van der Waals surface area contributed by atoms with Crippen LogP contribution in [-0.4, -0.2) is 28.6 Å². The van der Waals surface area contributed by atoms with Gasteiger partial charge in [-0.1, -0.05) is 37.4 Å². The molecule has 1 aromatic rings. The SMILES string of the molecule is C[SiH2]C#Cc1c(C)c(C#C[SiH2]C)c(C)c(C#C[SiH2]C)c1C. The van der Waals surface area contributed by atoms with E-state index in [4.69, 9.17) is 0 Å². The molecule has 0 aliphatic heterocycles. The Hall–Kier alpha value is -1.45. The van der Waals surface area contributed by atoms with Crippen molar-refractivity contribution >= 4 is 28.6 Å². The smallest absolute Gasteiger partial charge is 0.104 e. The Balaban J connectivity index is 3.73. The van der Waals surface area contributed by atoms with Crippen LogP contribution in [0.25, 0.3) is 0 Å². The molecule has 0 spiro atoms. The molecule has 0 radical (unpaired) electrons. The summed E-state index contributed by atoms with van der Waals surface area (Å²) in [6, 6.07) is 0. The predicted molar refractivity (Wildman–Crippen MR) is 105 cm³/mol. The predicted octanol–water partition coefficient (Wildman–Crippen LogP) is 1.19. The lowest BCUT2D eigenvalue weighted by molar-refractivity contribution is 1.25. The van der Waals surface area contributed by atoms with E-state index in [-0.39, 0.29) is 28.6 Å². The zero-order valence-corrected chi connectivity index (χ0v) is 18.4. The molecule has 108 valence electrons. The van der Waals surface area contributed by atoms with Crippen LogP contribution in [0.3, 0.4) is 0 Å². The molecule has 0 saturated carbocycles. The van der Waals surface area contributed by atoms with Crippen molar-refractivity contribution in [3.63, 3.8) is 0 Å². The molecule has 0 amide bonds. The summed E-state index contributed by atoms with van der Waals surface area (Å²) in [5.41, 5.74) is 17.3. The lowest BCUT2D eigenvalue weighted by Crippen LogP contribution is -2.02. The van der Waals surface area contributed by atoms with Crippen molar-refractivity contribution in [2.75, 3.05) is 0 Å². The van der Waals surface area contributed by atoms with Gasteiger partial charge < -0.3 is 0 Å². The van der Waals surface area contributed by atoms with E-state index in [1.165, 1.54) is 33.4 Å². The summed E-state index contributed by atoms with van der Waals surface area (Å²) in [4.78, 5) is 0. The molecule has 0 unspecified atom stereocenters. The molecule has 3 heteroatoms. The van der Waals surface area contributed by atoms with Gasteiger partial charge in [-0.05, 0) is 37.5 Å². The standard InChI is InChI=1S/C18H24Si3/c1-13-16(7-10-19-4)14(2)18(9-12-21-6)15(3)17(13)8-11-20-5/h19-21H2,1-6H3. The van der Waals surface area contributed by atoms with Crippen LogP contribution in [0.15, 0.2) is 0 Å². The average molecular weight is 325 g/mol. The summed E-state index contributed by atoms with van der Waals surface area (Å²) in [7, 11) is -0.742. The van der Waals surface area contributed by atoms with Crippen molar-refractivity contribution in [1.29, 1.82) is 0 Å². The van der Waals surface area contributed by atoms with Gasteiger partial charge in [0.1, 0.15) is 28.6 Å². The molecule has 0 aromatic heterocycles. The fourth-order valence-corrected chi connectivity index (χ4v) is 3.37. The van der Waals surface area contributed by atoms with Gasteiger partial charge in [-0.2, -0.15) is 0 Å². The van der Waals surface area contributed by atoms with Crippen LogP contribution < -0.4 is 0 Å². The van der Waals surface area contributed by atoms with Gasteiger partial charge in [0.15, 0.2) is 0 Å². The molecule has 0 bridgehead atoms. The summed E-state index contributed by atoms with van der Waals surface area (Å²) < 4.78 is 0. The van der Waals surface area contributed by atoms with E-state index in [0.717, 1.165) is 0 Å². The molecule has 0 nitrogen and oxygen atoms in total. The number of hydrogen-bond donors (Lipinski definition) is 0. The third-order valence-corrected chi connectivity index (χ3v) is 5.01. The van der Waals surface area contributed by atoms with Crippen LogP contribution in [0.5, 0.6) is 0 Å². The highest BCUT2D eigenvalue weighted by atomic mass is 28.2. The Morgan fingerprint density at radius 2 is 0.762 bits per heavy atom. The molecule has 1 rings (SSSR count). The molecule has 0 atom stereocenters. The first kappa shape index (κ1) is 17.6. The molecule has 1 aromatic carbocycles. The van der Waals surface area contributed by atoms with Gasteiger partial charge in [0.25, 0.3) is 0 Å². The topological polar surface area (TPSA) is 0 Å². The monoisotopic (exact) mass is 324 g/mol. The van der Waals surface area contributed by atoms with E-state index >= 15 is 0 Å². The van der Waals surface area contributed by atoms with Crippen molar-refractivity contribution in [3.05, 3.63) is 33.4 Å². The van der Waals surface area contributed by atoms with Crippen LogP contribution in [0, 0.1) is 55.2 Å². The number of hydrogen-bond acceptors (Lipinski definition) is 0. The summed E-state index contributed by atoms with van der Waals surface area (Å²) in [6.45, 7) is 13.1. The van der Waals surface area contributed by atoms with Gasteiger partial charge in [0.05, 0.1) is 0 Å². The minimum atomic E-state index is -0.247. The van der Waals surface area contributed by atoms with Crippen LogP contribution in [0.1, 0.15) is 33.4 Å². The Labute approximate surface area is 137 Å². The van der Waals surface area contributed by atoms with Gasteiger partial charge >= 0.3 is 0 Å². The van der Waals surface area contributed by atoms with Crippen molar-refractivity contribution in [2.45, 2.75) is 40.4 Å². The highest BCUT2D eigenvalue weighted by molar-refractivity contribution is 6.45. The van der Waals surface area contributed by atoms with Crippen molar-refractivity contribution < 1.29 is 0 Å². The maximum atomic E-state index is 3.39. The molecular formula is C18H24Si3. The summed E-state index contributed by atoms with van der Waals surface area (Å²) in [5.74, 6) is 10.2. The highest BCUT2D eigenvalue weighted by Crippen LogP contribution is 2.25. The first-order valence-corrected chi connectivity index (χ1v) is 14.0. The lowest BCUT2D eigenvalue weighted by Gasteiger charge is -2.14. The van der Waals surface area contributed by atoms with Crippen molar-refractivity contribution in [2.24, 2.45) is 0 Å². The molecule has 0 aliphatic rings. The lowest BCUT2D eigenvalue weighted by atomic mass is 9.89. The molecule has 21 heavy (non-hydrogen) atoms. The van der Waals surface area contributed by atoms with Crippen molar-refractivity contribution in [1.82, 2.24) is 0 Å². The molecular weight excluding hydrogens is 300 g/mol. The van der Waals surface area contributed by atoms with E-state index in [1.807, 2.05) is 0 Å². The minimum absolute atomic E-state index is 0.247. The molecule has 0 N–H and O–H groups in total. The zero-order chi connectivity index (χ0) is 15.8. The maximum absolute atomic E-state index is 3.39. The second-order valence-electron chi connectivity index (χ2n) is 4.97. The fraction of sp³-hybridized carbons (Fsp3) is 0.333. The minimum Gasteiger partial charge on any atom is -0.135 e. The molecule has 0 aliphatic carbocycles. The Bertz CT molecular complexity index is 589. The van der Waals surface area contributed by atoms with E-state index in [2.05, 4.69) is 74.8 Å². The normalized spacial score (nSPS) is 10.6. The Morgan fingerprint density at radius 3 is 0.952 bits per heavy atom. The first-order valence-electron chi connectivity index (χ1n) is 7.68. The van der Waals surface area contributed by atoms with Gasteiger partial charge in [-0.15, -0.1) is 16.6 Å². The summed E-state index contributed by atoms with van der Waals surface area (Å²) in [5, 5.41) is 0. The number of rotatable bonds is 0. The average Bonchev–Trinajstić information content (AvgIpc) is 2.47. The summed E-state index contributed by atoms with van der Waals surface area (Å²) >= 11 is 0. The molecule has 0 saturated heterocycles. The van der Waals surface area contributed by atoms with E-state index in [0.29, 0.717) is 0 Å². The van der Waals surface area contributed by atoms with Crippen LogP contribution in [0.4, 0.5) is 0 Å².